The Bertz CT molecular complexity index is 2260. The smallest absolute Gasteiger partial charge is 0.144 e. The van der Waals surface area contributed by atoms with Crippen LogP contribution in [0.5, 0.6) is 0 Å². The van der Waals surface area contributed by atoms with Gasteiger partial charge in [-0.15, -0.1) is 0 Å². The molecule has 2 nitrogen and oxygen atoms in total. The van der Waals surface area contributed by atoms with Crippen LogP contribution >= 0.6 is 0 Å². The van der Waals surface area contributed by atoms with E-state index in [1.54, 1.807) is 0 Å². The van der Waals surface area contributed by atoms with Crippen LogP contribution in [0.2, 0.25) is 0 Å². The number of rotatable bonds is 10. The molecule has 1 aromatic heterocycles. The van der Waals surface area contributed by atoms with Gasteiger partial charge < -0.3 is 0 Å². The molecular formula is C53H40N2. The second-order valence-corrected chi connectivity index (χ2v) is 13.9. The lowest BCUT2D eigenvalue weighted by Crippen LogP contribution is -2.36. The molecule has 1 heterocycles. The van der Waals surface area contributed by atoms with E-state index >= 15 is 0 Å². The van der Waals surface area contributed by atoms with Gasteiger partial charge in [0.15, 0.2) is 0 Å². The molecule has 9 aromatic rings. The Hall–Kier alpha value is -7.03. The SMILES string of the molecule is c1ccc(-c2nccn2-c2c(C(c3ccccc3)(c3ccccc3)c3ccccc3)cccc2C(c2ccccc2)(c2ccccc2)c2ccccc2)cc1. The maximum atomic E-state index is 5.11. The zero-order valence-corrected chi connectivity index (χ0v) is 30.5. The van der Waals surface area contributed by atoms with Gasteiger partial charge in [0, 0.05) is 18.0 Å². The van der Waals surface area contributed by atoms with Crippen LogP contribution in [0.25, 0.3) is 17.1 Å². The summed E-state index contributed by atoms with van der Waals surface area (Å²) in [5.74, 6) is 0.875. The van der Waals surface area contributed by atoms with Crippen LogP contribution in [0.4, 0.5) is 0 Å². The molecule has 0 aliphatic carbocycles. The minimum absolute atomic E-state index is 0.733. The average molecular weight is 705 g/mol. The third-order valence-corrected chi connectivity index (χ3v) is 11.0. The molecule has 0 N–H and O–H groups in total. The average Bonchev–Trinajstić information content (AvgIpc) is 3.77. The summed E-state index contributed by atoms with van der Waals surface area (Å²) in [5, 5.41) is 0. The molecule has 0 fully saturated rings. The topological polar surface area (TPSA) is 17.8 Å². The Labute approximate surface area is 323 Å². The van der Waals surface area contributed by atoms with Crippen LogP contribution in [0, 0.1) is 0 Å². The number of para-hydroxylation sites is 1. The highest BCUT2D eigenvalue weighted by atomic mass is 15.1. The number of hydrogen-bond donors (Lipinski definition) is 0. The van der Waals surface area contributed by atoms with Crippen LogP contribution in [0.3, 0.4) is 0 Å². The van der Waals surface area contributed by atoms with E-state index < -0.39 is 10.8 Å². The van der Waals surface area contributed by atoms with Gasteiger partial charge in [0.1, 0.15) is 5.82 Å². The Balaban J connectivity index is 1.54. The summed E-state index contributed by atoms with van der Waals surface area (Å²) in [6.07, 6.45) is 4.08. The van der Waals surface area contributed by atoms with Gasteiger partial charge in [-0.05, 0) is 44.5 Å². The summed E-state index contributed by atoms with van der Waals surface area (Å²) in [6, 6.07) is 83.4. The standard InChI is InChI=1S/C53H40N2/c1-8-23-41(24-9-1)51-54-39-40-55(51)50-48(52(42-25-10-2-11-26-42,43-27-12-3-13-28-43)44-29-14-4-15-30-44)37-22-38-49(50)53(45-31-16-5-17-32-45,46-33-18-6-19-34-46)47-35-20-7-21-36-47/h1-40H. The summed E-state index contributed by atoms with van der Waals surface area (Å²) >= 11 is 0. The number of imidazole rings is 1. The molecule has 0 saturated carbocycles. The largest absolute Gasteiger partial charge is 0.299 e. The van der Waals surface area contributed by atoms with Gasteiger partial charge >= 0.3 is 0 Å². The van der Waals surface area contributed by atoms with E-state index in [1.165, 1.54) is 33.4 Å². The first-order chi connectivity index (χ1) is 27.3. The van der Waals surface area contributed by atoms with Crippen LogP contribution in [0.1, 0.15) is 44.5 Å². The minimum atomic E-state index is -0.733. The Morgan fingerprint density at radius 3 is 0.909 bits per heavy atom. The predicted molar refractivity (Wildman–Crippen MR) is 226 cm³/mol. The van der Waals surface area contributed by atoms with Crippen LogP contribution in [-0.4, -0.2) is 9.55 Å². The van der Waals surface area contributed by atoms with E-state index in [0.717, 1.165) is 28.2 Å². The fourth-order valence-electron chi connectivity index (χ4n) is 8.75. The highest BCUT2D eigenvalue weighted by Crippen LogP contribution is 2.53. The normalized spacial score (nSPS) is 11.6. The maximum Gasteiger partial charge on any atom is 0.144 e. The molecule has 0 aliphatic heterocycles. The molecule has 2 heteroatoms. The number of hydrogen-bond acceptors (Lipinski definition) is 1. The molecule has 0 atom stereocenters. The van der Waals surface area contributed by atoms with E-state index in [0.29, 0.717) is 0 Å². The molecule has 0 amide bonds. The van der Waals surface area contributed by atoms with Crippen molar-refractivity contribution in [2.45, 2.75) is 10.8 Å². The molecule has 0 unspecified atom stereocenters. The molecule has 55 heavy (non-hydrogen) atoms. The van der Waals surface area contributed by atoms with E-state index in [2.05, 4.69) is 241 Å². The van der Waals surface area contributed by atoms with Crippen molar-refractivity contribution in [2.24, 2.45) is 0 Å². The van der Waals surface area contributed by atoms with Gasteiger partial charge in [-0.1, -0.05) is 231 Å². The lowest BCUT2D eigenvalue weighted by molar-refractivity contribution is 0.704. The predicted octanol–water partition coefficient (Wildman–Crippen LogP) is 12.3. The number of nitrogens with zero attached hydrogens (tertiary/aromatic N) is 2. The van der Waals surface area contributed by atoms with Gasteiger partial charge in [-0.25, -0.2) is 4.98 Å². The first kappa shape index (κ1) is 33.8. The van der Waals surface area contributed by atoms with Gasteiger partial charge in [0.2, 0.25) is 0 Å². The highest BCUT2D eigenvalue weighted by molar-refractivity contribution is 5.74. The molecular weight excluding hydrogens is 665 g/mol. The first-order valence-corrected chi connectivity index (χ1v) is 18.9. The third kappa shape index (κ3) is 5.71. The highest BCUT2D eigenvalue weighted by Gasteiger charge is 2.46. The van der Waals surface area contributed by atoms with Crippen molar-refractivity contribution < 1.29 is 0 Å². The Kier molecular flexibility index (Phi) is 9.07. The van der Waals surface area contributed by atoms with Crippen LogP contribution in [-0.2, 0) is 10.8 Å². The molecule has 0 spiro atoms. The summed E-state index contributed by atoms with van der Waals surface area (Å²) in [5.41, 5.74) is 10.0. The van der Waals surface area contributed by atoms with Crippen molar-refractivity contribution in [3.63, 3.8) is 0 Å². The van der Waals surface area contributed by atoms with Crippen molar-refractivity contribution in [1.29, 1.82) is 0 Å². The second-order valence-electron chi connectivity index (χ2n) is 13.9. The van der Waals surface area contributed by atoms with Crippen molar-refractivity contribution in [3.05, 3.63) is 287 Å². The summed E-state index contributed by atoms with van der Waals surface area (Å²) in [7, 11) is 0. The molecule has 0 radical (unpaired) electrons. The monoisotopic (exact) mass is 704 g/mol. The van der Waals surface area contributed by atoms with Crippen molar-refractivity contribution in [3.8, 4) is 17.1 Å². The fraction of sp³-hybridized carbons (Fsp3) is 0.0377. The number of aromatic nitrogens is 2. The minimum Gasteiger partial charge on any atom is -0.299 e. The zero-order valence-electron chi connectivity index (χ0n) is 30.5. The zero-order chi connectivity index (χ0) is 36.9. The first-order valence-electron chi connectivity index (χ1n) is 18.9. The van der Waals surface area contributed by atoms with Gasteiger partial charge in [-0.2, -0.15) is 0 Å². The van der Waals surface area contributed by atoms with Gasteiger partial charge in [0.05, 0.1) is 16.5 Å². The maximum absolute atomic E-state index is 5.11. The van der Waals surface area contributed by atoms with Gasteiger partial charge in [-0.3, -0.25) is 4.57 Å². The van der Waals surface area contributed by atoms with Crippen molar-refractivity contribution in [2.75, 3.05) is 0 Å². The van der Waals surface area contributed by atoms with Crippen molar-refractivity contribution in [1.82, 2.24) is 9.55 Å². The van der Waals surface area contributed by atoms with Crippen LogP contribution in [0.15, 0.2) is 243 Å². The third-order valence-electron chi connectivity index (χ3n) is 11.0. The fourth-order valence-corrected chi connectivity index (χ4v) is 8.75. The lowest BCUT2D eigenvalue weighted by Gasteiger charge is -2.42. The van der Waals surface area contributed by atoms with E-state index in [4.69, 9.17) is 4.98 Å². The molecule has 8 aromatic carbocycles. The van der Waals surface area contributed by atoms with E-state index in [-0.39, 0.29) is 0 Å². The summed E-state index contributed by atoms with van der Waals surface area (Å²) in [4.78, 5) is 5.11. The number of benzene rings is 8. The van der Waals surface area contributed by atoms with Crippen molar-refractivity contribution >= 4 is 0 Å². The molecule has 262 valence electrons. The van der Waals surface area contributed by atoms with E-state index in [1.807, 2.05) is 6.20 Å². The Morgan fingerprint density at radius 2 is 0.600 bits per heavy atom. The summed E-state index contributed by atoms with van der Waals surface area (Å²) < 4.78 is 2.34. The van der Waals surface area contributed by atoms with Gasteiger partial charge in [0.25, 0.3) is 0 Å². The summed E-state index contributed by atoms with van der Waals surface area (Å²) in [6.45, 7) is 0. The van der Waals surface area contributed by atoms with Crippen LogP contribution < -0.4 is 0 Å². The Morgan fingerprint density at radius 1 is 0.309 bits per heavy atom. The quantitative estimate of drug-likeness (QED) is 0.130. The molecule has 0 aliphatic rings. The molecule has 0 bridgehead atoms. The second kappa shape index (κ2) is 14.8. The molecule has 0 saturated heterocycles. The lowest BCUT2D eigenvalue weighted by atomic mass is 9.60. The molecule has 9 rings (SSSR count). The van der Waals surface area contributed by atoms with E-state index in [9.17, 15) is 0 Å².